The summed E-state index contributed by atoms with van der Waals surface area (Å²) >= 11 is 0. The van der Waals surface area contributed by atoms with Crippen molar-refractivity contribution in [3.63, 3.8) is 0 Å². The first kappa shape index (κ1) is 14.8. The molecule has 1 unspecified atom stereocenters. The number of aromatic nitrogens is 3. The van der Waals surface area contributed by atoms with E-state index in [1.54, 1.807) is 0 Å². The average Bonchev–Trinajstić information content (AvgIpc) is 3.06. The van der Waals surface area contributed by atoms with Crippen molar-refractivity contribution in [3.05, 3.63) is 23.0 Å². The van der Waals surface area contributed by atoms with Crippen molar-refractivity contribution >= 4 is 17.4 Å². The zero-order valence-corrected chi connectivity index (χ0v) is 13.7. The SMILES string of the molecule is CCNC(=O)C1CCN(c2cc(C)nc3c(C)c(C)nn23)C1. The van der Waals surface area contributed by atoms with Crippen molar-refractivity contribution < 1.29 is 4.79 Å². The van der Waals surface area contributed by atoms with Crippen LogP contribution in [0.4, 0.5) is 5.82 Å². The first-order valence-electron chi connectivity index (χ1n) is 7.87. The Morgan fingerprint density at radius 2 is 2.18 bits per heavy atom. The van der Waals surface area contributed by atoms with Gasteiger partial charge < -0.3 is 10.2 Å². The van der Waals surface area contributed by atoms with Gasteiger partial charge in [0, 0.05) is 37.0 Å². The molecule has 22 heavy (non-hydrogen) atoms. The van der Waals surface area contributed by atoms with Crippen LogP contribution >= 0.6 is 0 Å². The van der Waals surface area contributed by atoms with E-state index in [2.05, 4.69) is 33.3 Å². The molecule has 2 aromatic rings. The Bertz CT molecular complexity index is 721. The van der Waals surface area contributed by atoms with Gasteiger partial charge in [-0.25, -0.2) is 4.98 Å². The number of carbonyl (C=O) groups is 1. The molecule has 0 saturated carbocycles. The van der Waals surface area contributed by atoms with Gasteiger partial charge in [0.2, 0.25) is 5.91 Å². The van der Waals surface area contributed by atoms with Gasteiger partial charge in [-0.1, -0.05) is 0 Å². The zero-order valence-electron chi connectivity index (χ0n) is 13.7. The molecule has 0 radical (unpaired) electrons. The quantitative estimate of drug-likeness (QED) is 0.935. The van der Waals surface area contributed by atoms with Crippen molar-refractivity contribution in [1.29, 1.82) is 0 Å². The predicted octanol–water partition coefficient (Wildman–Crippen LogP) is 1.62. The van der Waals surface area contributed by atoms with E-state index in [0.29, 0.717) is 6.54 Å². The van der Waals surface area contributed by atoms with E-state index in [9.17, 15) is 4.79 Å². The number of nitrogens with zero attached hydrogens (tertiary/aromatic N) is 4. The fourth-order valence-corrected chi connectivity index (χ4v) is 3.06. The number of nitrogens with one attached hydrogen (secondary N) is 1. The lowest BCUT2D eigenvalue weighted by Gasteiger charge is -2.20. The minimum Gasteiger partial charge on any atom is -0.356 e. The summed E-state index contributed by atoms with van der Waals surface area (Å²) in [5.41, 5.74) is 4.00. The average molecular weight is 301 g/mol. The Labute approximate surface area is 130 Å². The number of rotatable bonds is 3. The smallest absolute Gasteiger partial charge is 0.224 e. The number of anilines is 1. The molecule has 1 atom stereocenters. The summed E-state index contributed by atoms with van der Waals surface area (Å²) in [4.78, 5) is 18.9. The second-order valence-electron chi connectivity index (χ2n) is 6.03. The van der Waals surface area contributed by atoms with E-state index >= 15 is 0 Å². The molecule has 6 nitrogen and oxygen atoms in total. The number of amides is 1. The molecule has 6 heteroatoms. The monoisotopic (exact) mass is 301 g/mol. The standard InChI is InChI=1S/C16H23N5O/c1-5-17-16(22)13-6-7-20(9-13)14-8-10(2)18-15-11(3)12(4)19-21(14)15/h8,13H,5-7,9H2,1-4H3,(H,17,22). The van der Waals surface area contributed by atoms with Crippen LogP contribution in [0, 0.1) is 26.7 Å². The predicted molar refractivity (Wildman–Crippen MR) is 86.2 cm³/mol. The molecule has 118 valence electrons. The molecule has 1 aliphatic heterocycles. The van der Waals surface area contributed by atoms with Gasteiger partial charge in [0.25, 0.3) is 0 Å². The lowest BCUT2D eigenvalue weighted by atomic mass is 10.1. The minimum absolute atomic E-state index is 0.0567. The van der Waals surface area contributed by atoms with Crippen LogP contribution in [0.5, 0.6) is 0 Å². The molecule has 3 rings (SSSR count). The maximum Gasteiger partial charge on any atom is 0.224 e. The number of hydrogen-bond donors (Lipinski definition) is 1. The van der Waals surface area contributed by atoms with Gasteiger partial charge >= 0.3 is 0 Å². The van der Waals surface area contributed by atoms with Crippen LogP contribution in [0.1, 0.15) is 30.3 Å². The third-order valence-electron chi connectivity index (χ3n) is 4.40. The van der Waals surface area contributed by atoms with E-state index in [-0.39, 0.29) is 11.8 Å². The first-order valence-corrected chi connectivity index (χ1v) is 7.87. The lowest BCUT2D eigenvalue weighted by molar-refractivity contribution is -0.124. The topological polar surface area (TPSA) is 62.5 Å². The second kappa shape index (κ2) is 5.59. The summed E-state index contributed by atoms with van der Waals surface area (Å²) in [6.45, 7) is 10.3. The summed E-state index contributed by atoms with van der Waals surface area (Å²) in [6.07, 6.45) is 0.883. The summed E-state index contributed by atoms with van der Waals surface area (Å²) in [5, 5.41) is 7.54. The molecule has 1 N–H and O–H groups in total. The molecule has 1 fully saturated rings. The Morgan fingerprint density at radius 3 is 2.91 bits per heavy atom. The van der Waals surface area contributed by atoms with E-state index in [1.807, 2.05) is 25.3 Å². The van der Waals surface area contributed by atoms with Crippen LogP contribution in [0.25, 0.3) is 5.65 Å². The largest absolute Gasteiger partial charge is 0.356 e. The summed E-state index contributed by atoms with van der Waals surface area (Å²) in [6, 6.07) is 2.05. The highest BCUT2D eigenvalue weighted by molar-refractivity contribution is 5.80. The third-order valence-corrected chi connectivity index (χ3v) is 4.40. The van der Waals surface area contributed by atoms with Crippen LogP contribution in [0.15, 0.2) is 6.07 Å². The van der Waals surface area contributed by atoms with E-state index in [0.717, 1.165) is 47.9 Å². The second-order valence-corrected chi connectivity index (χ2v) is 6.03. The van der Waals surface area contributed by atoms with Crippen LogP contribution in [-0.4, -0.2) is 40.1 Å². The fourth-order valence-electron chi connectivity index (χ4n) is 3.06. The molecule has 0 aromatic carbocycles. The number of fused-ring (bicyclic) bond motifs is 1. The number of aryl methyl sites for hydroxylation is 3. The molecular weight excluding hydrogens is 278 g/mol. The molecule has 3 heterocycles. The van der Waals surface area contributed by atoms with Gasteiger partial charge in [-0.05, 0) is 34.1 Å². The van der Waals surface area contributed by atoms with Crippen molar-refractivity contribution in [1.82, 2.24) is 19.9 Å². The van der Waals surface area contributed by atoms with Gasteiger partial charge in [-0.3, -0.25) is 4.79 Å². The molecule has 1 aliphatic rings. The molecule has 0 spiro atoms. The molecule has 2 aromatic heterocycles. The molecule has 0 bridgehead atoms. The van der Waals surface area contributed by atoms with Crippen LogP contribution in [-0.2, 0) is 4.79 Å². The van der Waals surface area contributed by atoms with E-state index in [4.69, 9.17) is 0 Å². The maximum atomic E-state index is 12.0. The van der Waals surface area contributed by atoms with Crippen LogP contribution in [0.3, 0.4) is 0 Å². The van der Waals surface area contributed by atoms with Gasteiger partial charge in [-0.15, -0.1) is 0 Å². The van der Waals surface area contributed by atoms with Gasteiger partial charge in [0.1, 0.15) is 5.82 Å². The Hall–Kier alpha value is -2.11. The summed E-state index contributed by atoms with van der Waals surface area (Å²) in [5.74, 6) is 1.24. The van der Waals surface area contributed by atoms with Gasteiger partial charge in [-0.2, -0.15) is 9.61 Å². The van der Waals surface area contributed by atoms with E-state index in [1.165, 1.54) is 0 Å². The first-order chi connectivity index (χ1) is 10.5. The maximum absolute atomic E-state index is 12.0. The number of carbonyl (C=O) groups excluding carboxylic acids is 1. The normalized spacial score (nSPS) is 18.2. The van der Waals surface area contributed by atoms with Crippen molar-refractivity contribution in [3.8, 4) is 0 Å². The summed E-state index contributed by atoms with van der Waals surface area (Å²) in [7, 11) is 0. The van der Waals surface area contributed by atoms with Crippen molar-refractivity contribution in [2.45, 2.75) is 34.1 Å². The van der Waals surface area contributed by atoms with Gasteiger partial charge in [0.05, 0.1) is 11.6 Å². The van der Waals surface area contributed by atoms with E-state index < -0.39 is 0 Å². The lowest BCUT2D eigenvalue weighted by Crippen LogP contribution is -2.33. The van der Waals surface area contributed by atoms with Gasteiger partial charge in [0.15, 0.2) is 5.65 Å². The molecule has 1 amide bonds. The highest BCUT2D eigenvalue weighted by Gasteiger charge is 2.29. The highest BCUT2D eigenvalue weighted by atomic mass is 16.1. The minimum atomic E-state index is 0.0567. The third kappa shape index (κ3) is 2.42. The number of hydrogen-bond acceptors (Lipinski definition) is 4. The van der Waals surface area contributed by atoms with Crippen LogP contribution in [0.2, 0.25) is 0 Å². The summed E-state index contributed by atoms with van der Waals surface area (Å²) < 4.78 is 1.91. The molecular formula is C16H23N5O. The highest BCUT2D eigenvalue weighted by Crippen LogP contribution is 2.26. The zero-order chi connectivity index (χ0) is 15.9. The Morgan fingerprint density at radius 1 is 1.41 bits per heavy atom. The molecule has 1 saturated heterocycles. The molecule has 0 aliphatic carbocycles. The van der Waals surface area contributed by atoms with Crippen molar-refractivity contribution in [2.24, 2.45) is 5.92 Å². The van der Waals surface area contributed by atoms with Crippen molar-refractivity contribution in [2.75, 3.05) is 24.5 Å². The Kier molecular flexibility index (Phi) is 3.76. The Balaban J connectivity index is 1.94. The fraction of sp³-hybridized carbons (Fsp3) is 0.562. The van der Waals surface area contributed by atoms with Crippen LogP contribution < -0.4 is 10.2 Å².